The van der Waals surface area contributed by atoms with Crippen molar-refractivity contribution >= 4 is 0 Å². The standard InChI is InChI=1S/C24H44N.BrH/c1-4-6-8-10-12-17-21-25(3,22-18-13-11-9-7-5-2)23-24-19-15-14-16-20-24;/h14-16,19-20H,4-13,17-18,21-23H2,1-3H3;1H/q+1;/p-1. The quantitative estimate of drug-likeness (QED) is 0.272. The van der Waals surface area contributed by atoms with Gasteiger partial charge in [-0.3, -0.25) is 0 Å². The van der Waals surface area contributed by atoms with E-state index in [4.69, 9.17) is 0 Å². The van der Waals surface area contributed by atoms with Crippen LogP contribution in [0.2, 0.25) is 0 Å². The normalized spacial score (nSPS) is 11.3. The summed E-state index contributed by atoms with van der Waals surface area (Å²) in [4.78, 5) is 0. The maximum Gasteiger partial charge on any atom is 0.104 e. The smallest absolute Gasteiger partial charge is 0.104 e. The average molecular weight is 427 g/mol. The van der Waals surface area contributed by atoms with Crippen LogP contribution in [0.4, 0.5) is 0 Å². The highest BCUT2D eigenvalue weighted by atomic mass is 79.9. The summed E-state index contributed by atoms with van der Waals surface area (Å²) in [5.41, 5.74) is 1.50. The molecule has 0 unspecified atom stereocenters. The van der Waals surface area contributed by atoms with E-state index in [1.807, 2.05) is 0 Å². The predicted molar refractivity (Wildman–Crippen MR) is 113 cm³/mol. The lowest BCUT2D eigenvalue weighted by Gasteiger charge is -2.35. The van der Waals surface area contributed by atoms with Gasteiger partial charge in [0.1, 0.15) is 6.54 Å². The van der Waals surface area contributed by atoms with Crippen LogP contribution in [0.3, 0.4) is 0 Å². The lowest BCUT2D eigenvalue weighted by atomic mass is 10.1. The first-order valence-electron chi connectivity index (χ1n) is 11.1. The van der Waals surface area contributed by atoms with Gasteiger partial charge in [0, 0.05) is 5.56 Å². The molecule has 0 heterocycles. The zero-order valence-corrected chi connectivity index (χ0v) is 19.4. The third kappa shape index (κ3) is 12.9. The third-order valence-electron chi connectivity index (χ3n) is 5.51. The monoisotopic (exact) mass is 425 g/mol. The van der Waals surface area contributed by atoms with Crippen LogP contribution in [0.25, 0.3) is 0 Å². The van der Waals surface area contributed by atoms with Gasteiger partial charge < -0.3 is 21.5 Å². The first-order valence-corrected chi connectivity index (χ1v) is 11.1. The molecule has 0 aliphatic rings. The Morgan fingerprint density at radius 1 is 0.615 bits per heavy atom. The van der Waals surface area contributed by atoms with Crippen molar-refractivity contribution in [3.8, 4) is 0 Å². The molecule has 26 heavy (non-hydrogen) atoms. The highest BCUT2D eigenvalue weighted by Crippen LogP contribution is 2.17. The van der Waals surface area contributed by atoms with Crippen LogP contribution < -0.4 is 17.0 Å². The number of hydrogen-bond acceptors (Lipinski definition) is 0. The highest BCUT2D eigenvalue weighted by Gasteiger charge is 2.21. The minimum absolute atomic E-state index is 0. The summed E-state index contributed by atoms with van der Waals surface area (Å²) in [5, 5.41) is 0. The Bertz CT molecular complexity index is 388. The van der Waals surface area contributed by atoms with Crippen molar-refractivity contribution in [1.29, 1.82) is 0 Å². The van der Waals surface area contributed by atoms with Crippen LogP contribution in [0.1, 0.15) is 96.5 Å². The Kier molecular flexibility index (Phi) is 16.6. The summed E-state index contributed by atoms with van der Waals surface area (Å²) in [6, 6.07) is 11.1. The van der Waals surface area contributed by atoms with E-state index >= 15 is 0 Å². The maximum absolute atomic E-state index is 2.49. The van der Waals surface area contributed by atoms with E-state index in [1.54, 1.807) is 0 Å². The molecule has 0 spiro atoms. The SMILES string of the molecule is CCCCCCCC[N+](C)(CCCCCCCC)Cc1ccccc1.[Br-]. The lowest BCUT2D eigenvalue weighted by Crippen LogP contribution is -3.00. The van der Waals surface area contributed by atoms with E-state index in [9.17, 15) is 0 Å². The molecule has 0 saturated heterocycles. The van der Waals surface area contributed by atoms with Crippen LogP contribution in [0.15, 0.2) is 30.3 Å². The number of unbranched alkanes of at least 4 members (excludes halogenated alkanes) is 10. The molecule has 2 heteroatoms. The minimum Gasteiger partial charge on any atom is -1.00 e. The fraction of sp³-hybridized carbons (Fsp3) is 0.750. The Hall–Kier alpha value is -0.340. The van der Waals surface area contributed by atoms with Crippen molar-refractivity contribution in [1.82, 2.24) is 0 Å². The van der Waals surface area contributed by atoms with Crippen molar-refractivity contribution in [3.63, 3.8) is 0 Å². The van der Waals surface area contributed by atoms with Gasteiger partial charge in [-0.1, -0.05) is 95.5 Å². The molecule has 0 atom stereocenters. The summed E-state index contributed by atoms with van der Waals surface area (Å²) < 4.78 is 1.23. The maximum atomic E-state index is 2.49. The number of rotatable bonds is 16. The Morgan fingerprint density at radius 3 is 1.50 bits per heavy atom. The van der Waals surface area contributed by atoms with Crippen molar-refractivity contribution in [3.05, 3.63) is 35.9 Å². The van der Waals surface area contributed by atoms with Gasteiger partial charge in [-0.25, -0.2) is 0 Å². The van der Waals surface area contributed by atoms with Crippen molar-refractivity contribution in [2.75, 3.05) is 20.1 Å². The fourth-order valence-corrected chi connectivity index (χ4v) is 3.84. The summed E-state index contributed by atoms with van der Waals surface area (Å²) in [6.45, 7) is 8.49. The van der Waals surface area contributed by atoms with E-state index in [-0.39, 0.29) is 17.0 Å². The van der Waals surface area contributed by atoms with Gasteiger partial charge in [-0.2, -0.15) is 0 Å². The van der Waals surface area contributed by atoms with Gasteiger partial charge in [0.05, 0.1) is 20.1 Å². The molecule has 0 fully saturated rings. The summed E-state index contributed by atoms with van der Waals surface area (Å²) in [7, 11) is 2.49. The van der Waals surface area contributed by atoms with Gasteiger partial charge in [-0.15, -0.1) is 0 Å². The molecule has 1 aromatic carbocycles. The minimum atomic E-state index is 0. The number of benzene rings is 1. The summed E-state index contributed by atoms with van der Waals surface area (Å²) >= 11 is 0. The largest absolute Gasteiger partial charge is 1.00 e. The number of nitrogens with zero attached hydrogens (tertiary/aromatic N) is 1. The molecule has 0 bridgehead atoms. The molecule has 1 rings (SSSR count). The van der Waals surface area contributed by atoms with Crippen LogP contribution in [-0.4, -0.2) is 24.6 Å². The second-order valence-electron chi connectivity index (χ2n) is 8.25. The molecule has 0 aliphatic carbocycles. The fourth-order valence-electron chi connectivity index (χ4n) is 3.84. The molecule has 0 aromatic heterocycles. The van der Waals surface area contributed by atoms with Gasteiger partial charge in [-0.05, 0) is 25.7 Å². The third-order valence-corrected chi connectivity index (χ3v) is 5.51. The Balaban J connectivity index is 0.00000625. The number of quaternary nitrogens is 1. The van der Waals surface area contributed by atoms with Crippen molar-refractivity contribution < 1.29 is 21.5 Å². The molecule has 1 aromatic rings. The molecular weight excluding hydrogens is 382 g/mol. The Morgan fingerprint density at radius 2 is 1.04 bits per heavy atom. The molecule has 0 N–H and O–H groups in total. The first kappa shape index (κ1) is 25.7. The Labute approximate surface area is 174 Å². The zero-order valence-electron chi connectivity index (χ0n) is 17.8. The first-order chi connectivity index (χ1) is 12.2. The van der Waals surface area contributed by atoms with Crippen LogP contribution in [0, 0.1) is 0 Å². The molecule has 0 saturated carbocycles. The molecule has 0 radical (unpaired) electrons. The van der Waals surface area contributed by atoms with Gasteiger partial charge in [0.15, 0.2) is 0 Å². The van der Waals surface area contributed by atoms with E-state index in [0.29, 0.717) is 0 Å². The molecule has 0 aliphatic heterocycles. The van der Waals surface area contributed by atoms with Crippen LogP contribution >= 0.6 is 0 Å². The molecule has 1 nitrogen and oxygen atoms in total. The summed E-state index contributed by atoms with van der Waals surface area (Å²) in [6.07, 6.45) is 16.8. The topological polar surface area (TPSA) is 0 Å². The van der Waals surface area contributed by atoms with Crippen molar-refractivity contribution in [2.45, 2.75) is 97.4 Å². The molecule has 152 valence electrons. The lowest BCUT2D eigenvalue weighted by molar-refractivity contribution is -0.923. The summed E-state index contributed by atoms with van der Waals surface area (Å²) in [5.74, 6) is 0. The van der Waals surface area contributed by atoms with Gasteiger partial charge in [0.25, 0.3) is 0 Å². The van der Waals surface area contributed by atoms with Gasteiger partial charge in [0.2, 0.25) is 0 Å². The average Bonchev–Trinajstić information content (AvgIpc) is 2.62. The molecule has 0 amide bonds. The zero-order chi connectivity index (χ0) is 18.2. The number of halogens is 1. The van der Waals surface area contributed by atoms with E-state index in [2.05, 4.69) is 51.2 Å². The van der Waals surface area contributed by atoms with Gasteiger partial charge >= 0.3 is 0 Å². The number of hydrogen-bond donors (Lipinski definition) is 0. The highest BCUT2D eigenvalue weighted by molar-refractivity contribution is 5.13. The second kappa shape index (κ2) is 16.8. The van der Waals surface area contributed by atoms with Crippen LogP contribution in [0.5, 0.6) is 0 Å². The van der Waals surface area contributed by atoms with Crippen LogP contribution in [-0.2, 0) is 6.54 Å². The molecular formula is C24H44BrN. The van der Waals surface area contributed by atoms with E-state index in [1.165, 1.54) is 107 Å². The predicted octanol–water partition coefficient (Wildman–Crippen LogP) is 4.36. The van der Waals surface area contributed by atoms with Crippen molar-refractivity contribution in [2.24, 2.45) is 0 Å². The second-order valence-corrected chi connectivity index (χ2v) is 8.25. The van der Waals surface area contributed by atoms with E-state index in [0.717, 1.165) is 0 Å². The van der Waals surface area contributed by atoms with E-state index < -0.39 is 0 Å².